The quantitative estimate of drug-likeness (QED) is 0.249. The lowest BCUT2D eigenvalue weighted by atomic mass is 10.2. The van der Waals surface area contributed by atoms with E-state index in [-0.39, 0.29) is 24.0 Å². The fourth-order valence-electron chi connectivity index (χ4n) is 2.82. The van der Waals surface area contributed by atoms with Gasteiger partial charge in [0.05, 0.1) is 12.8 Å². The van der Waals surface area contributed by atoms with Crippen LogP contribution in [0.25, 0.3) is 0 Å². The summed E-state index contributed by atoms with van der Waals surface area (Å²) in [5, 5.41) is 3.43. The maximum absolute atomic E-state index is 5.47. The Morgan fingerprint density at radius 2 is 1.96 bits per heavy atom. The van der Waals surface area contributed by atoms with E-state index in [1.807, 2.05) is 26.1 Å². The van der Waals surface area contributed by atoms with Gasteiger partial charge in [-0.25, -0.2) is 0 Å². The Hall–Kier alpha value is -1.44. The molecule has 0 bridgehead atoms. The lowest BCUT2D eigenvalue weighted by Crippen LogP contribution is -2.52. The normalized spacial score (nSPS) is 15.4. The van der Waals surface area contributed by atoms with Crippen molar-refractivity contribution in [1.82, 2.24) is 10.2 Å². The highest BCUT2D eigenvalue weighted by molar-refractivity contribution is 14.0. The van der Waals surface area contributed by atoms with Crippen molar-refractivity contribution in [3.05, 3.63) is 36.4 Å². The smallest absolute Gasteiger partial charge is 0.193 e. The van der Waals surface area contributed by atoms with Gasteiger partial charge in [0.15, 0.2) is 5.96 Å². The zero-order chi connectivity index (χ0) is 16.5. The summed E-state index contributed by atoms with van der Waals surface area (Å²) in [5.41, 5.74) is 1.17. The molecule has 1 aromatic carbocycles. The average molecular weight is 444 g/mol. The summed E-state index contributed by atoms with van der Waals surface area (Å²) in [6.45, 7) is 6.82. The molecule has 2 rings (SSSR count). The van der Waals surface area contributed by atoms with Gasteiger partial charge >= 0.3 is 0 Å². The molecule has 0 atom stereocenters. The molecule has 24 heavy (non-hydrogen) atoms. The van der Waals surface area contributed by atoms with Gasteiger partial charge in [-0.15, -0.1) is 24.0 Å². The maximum atomic E-state index is 5.47. The molecule has 1 aliphatic rings. The standard InChI is InChI=1S/C18H28N4O.HI/c1-4-5-8-11-20-18(19-2)22-14-12-21(13-15-22)16-9-6-7-10-17(16)23-3;/h4-7,9-10H,8,11-15H2,1-3H3,(H,19,20);1H. The van der Waals surface area contributed by atoms with E-state index in [1.165, 1.54) is 5.69 Å². The van der Waals surface area contributed by atoms with Crippen LogP contribution >= 0.6 is 24.0 Å². The molecule has 0 aromatic heterocycles. The minimum Gasteiger partial charge on any atom is -0.495 e. The molecule has 0 radical (unpaired) electrons. The molecular formula is C18H29IN4O. The van der Waals surface area contributed by atoms with Gasteiger partial charge in [0.2, 0.25) is 0 Å². The number of nitrogens with one attached hydrogen (secondary N) is 1. The second kappa shape index (κ2) is 11.2. The molecule has 0 amide bonds. The number of para-hydroxylation sites is 2. The van der Waals surface area contributed by atoms with Crippen molar-refractivity contribution in [2.45, 2.75) is 13.3 Å². The zero-order valence-electron chi connectivity index (χ0n) is 14.9. The van der Waals surface area contributed by atoms with E-state index in [0.29, 0.717) is 0 Å². The van der Waals surface area contributed by atoms with E-state index in [4.69, 9.17) is 4.74 Å². The number of halogens is 1. The highest BCUT2D eigenvalue weighted by Crippen LogP contribution is 2.28. The third-order valence-corrected chi connectivity index (χ3v) is 4.05. The lowest BCUT2D eigenvalue weighted by molar-refractivity contribution is 0.367. The van der Waals surface area contributed by atoms with Crippen LogP contribution in [-0.2, 0) is 0 Å². The van der Waals surface area contributed by atoms with Crippen molar-refractivity contribution in [1.29, 1.82) is 0 Å². The maximum Gasteiger partial charge on any atom is 0.193 e. The van der Waals surface area contributed by atoms with Crippen molar-refractivity contribution >= 4 is 35.6 Å². The van der Waals surface area contributed by atoms with E-state index in [2.05, 4.69) is 44.4 Å². The Morgan fingerprint density at radius 3 is 2.58 bits per heavy atom. The number of anilines is 1. The van der Waals surface area contributed by atoms with Gasteiger partial charge in [0, 0.05) is 39.8 Å². The lowest BCUT2D eigenvalue weighted by Gasteiger charge is -2.38. The molecule has 1 heterocycles. The Balaban J connectivity index is 0.00000288. The Kier molecular flexibility index (Phi) is 9.59. The molecule has 0 aliphatic carbocycles. The monoisotopic (exact) mass is 444 g/mol. The second-order valence-electron chi connectivity index (χ2n) is 5.48. The van der Waals surface area contributed by atoms with Crippen molar-refractivity contribution < 1.29 is 4.74 Å². The Bertz CT molecular complexity index is 540. The molecule has 0 saturated carbocycles. The summed E-state index contributed by atoms with van der Waals surface area (Å²) in [6, 6.07) is 8.21. The number of nitrogens with zero attached hydrogens (tertiary/aromatic N) is 3. The van der Waals surface area contributed by atoms with Crippen LogP contribution in [0, 0.1) is 0 Å². The molecule has 1 fully saturated rings. The fraction of sp³-hybridized carbons (Fsp3) is 0.500. The summed E-state index contributed by atoms with van der Waals surface area (Å²) < 4.78 is 5.47. The summed E-state index contributed by atoms with van der Waals surface area (Å²) >= 11 is 0. The Morgan fingerprint density at radius 1 is 1.25 bits per heavy atom. The minimum absolute atomic E-state index is 0. The number of piperazine rings is 1. The number of guanidine groups is 1. The Labute approximate surface area is 162 Å². The third kappa shape index (κ3) is 5.58. The largest absolute Gasteiger partial charge is 0.495 e. The summed E-state index contributed by atoms with van der Waals surface area (Å²) in [5.74, 6) is 1.93. The van der Waals surface area contributed by atoms with Crippen LogP contribution in [0.15, 0.2) is 41.4 Å². The number of benzene rings is 1. The van der Waals surface area contributed by atoms with Crippen molar-refractivity contribution in [3.8, 4) is 5.75 Å². The van der Waals surface area contributed by atoms with Gasteiger partial charge in [-0.3, -0.25) is 4.99 Å². The molecule has 1 aliphatic heterocycles. The molecule has 5 nitrogen and oxygen atoms in total. The number of ether oxygens (including phenoxy) is 1. The van der Waals surface area contributed by atoms with E-state index in [1.54, 1.807) is 7.11 Å². The number of hydrogen-bond donors (Lipinski definition) is 1. The van der Waals surface area contributed by atoms with Gasteiger partial charge in [-0.05, 0) is 25.5 Å². The first-order chi connectivity index (χ1) is 11.3. The number of rotatable bonds is 5. The van der Waals surface area contributed by atoms with Gasteiger partial charge in [0.25, 0.3) is 0 Å². The van der Waals surface area contributed by atoms with Crippen molar-refractivity contribution in [2.75, 3.05) is 51.8 Å². The van der Waals surface area contributed by atoms with Crippen LogP contribution in [-0.4, -0.2) is 57.7 Å². The first-order valence-corrected chi connectivity index (χ1v) is 8.25. The van der Waals surface area contributed by atoms with E-state index < -0.39 is 0 Å². The van der Waals surface area contributed by atoms with Crippen LogP contribution in [0.3, 0.4) is 0 Å². The van der Waals surface area contributed by atoms with Gasteiger partial charge < -0.3 is 19.9 Å². The topological polar surface area (TPSA) is 40.1 Å². The van der Waals surface area contributed by atoms with Gasteiger partial charge in [-0.2, -0.15) is 0 Å². The van der Waals surface area contributed by atoms with Gasteiger partial charge in [-0.1, -0.05) is 24.3 Å². The molecule has 0 unspecified atom stereocenters. The number of methoxy groups -OCH3 is 1. The van der Waals surface area contributed by atoms with Crippen molar-refractivity contribution in [3.63, 3.8) is 0 Å². The summed E-state index contributed by atoms with van der Waals surface area (Å²) in [7, 11) is 3.58. The molecule has 1 saturated heterocycles. The van der Waals surface area contributed by atoms with Crippen LogP contribution in [0.4, 0.5) is 5.69 Å². The fourth-order valence-corrected chi connectivity index (χ4v) is 2.82. The molecular weight excluding hydrogens is 415 g/mol. The first kappa shape index (κ1) is 20.6. The van der Waals surface area contributed by atoms with E-state index in [9.17, 15) is 0 Å². The van der Waals surface area contributed by atoms with E-state index >= 15 is 0 Å². The SMILES string of the molecule is CC=CCCNC(=NC)N1CCN(c2ccccc2OC)CC1.I. The van der Waals surface area contributed by atoms with Crippen LogP contribution in [0.1, 0.15) is 13.3 Å². The molecule has 6 heteroatoms. The highest BCUT2D eigenvalue weighted by Gasteiger charge is 2.21. The van der Waals surface area contributed by atoms with E-state index in [0.717, 1.165) is 50.9 Å². The number of hydrogen-bond acceptors (Lipinski definition) is 3. The first-order valence-electron chi connectivity index (χ1n) is 8.25. The predicted molar refractivity (Wildman–Crippen MR) is 113 cm³/mol. The van der Waals surface area contributed by atoms with Gasteiger partial charge in [0.1, 0.15) is 5.75 Å². The van der Waals surface area contributed by atoms with Crippen LogP contribution < -0.4 is 15.0 Å². The van der Waals surface area contributed by atoms with Crippen molar-refractivity contribution in [2.24, 2.45) is 4.99 Å². The molecule has 1 N–H and O–H groups in total. The van der Waals surface area contributed by atoms with Crippen LogP contribution in [0.5, 0.6) is 5.75 Å². The van der Waals surface area contributed by atoms with Crippen LogP contribution in [0.2, 0.25) is 0 Å². The number of aliphatic imine (C=N–C) groups is 1. The number of allylic oxidation sites excluding steroid dienone is 1. The molecule has 0 spiro atoms. The summed E-state index contributed by atoms with van der Waals surface area (Å²) in [6.07, 6.45) is 5.27. The molecule has 134 valence electrons. The summed E-state index contributed by atoms with van der Waals surface area (Å²) in [4.78, 5) is 9.10. The third-order valence-electron chi connectivity index (χ3n) is 4.05. The molecule has 1 aromatic rings. The minimum atomic E-state index is 0. The predicted octanol–water partition coefficient (Wildman–Crippen LogP) is 2.98. The average Bonchev–Trinajstić information content (AvgIpc) is 2.62. The zero-order valence-corrected chi connectivity index (χ0v) is 17.2. The highest BCUT2D eigenvalue weighted by atomic mass is 127. The second-order valence-corrected chi connectivity index (χ2v) is 5.48.